The van der Waals surface area contributed by atoms with Gasteiger partial charge in [0.1, 0.15) is 6.61 Å². The third kappa shape index (κ3) is 4.19. The second-order valence-corrected chi connectivity index (χ2v) is 3.59. The maximum Gasteiger partial charge on any atom is 0.202 e. The van der Waals surface area contributed by atoms with Crippen molar-refractivity contribution >= 4 is 5.69 Å². The van der Waals surface area contributed by atoms with Crippen molar-refractivity contribution in [3.05, 3.63) is 23.8 Å². The highest BCUT2D eigenvalue weighted by atomic mass is 19.2. The van der Waals surface area contributed by atoms with Gasteiger partial charge < -0.3 is 15.2 Å². The first-order chi connectivity index (χ1) is 8.16. The Balaban J connectivity index is 2.39. The smallest absolute Gasteiger partial charge is 0.202 e. The quantitative estimate of drug-likeness (QED) is 0.593. The van der Waals surface area contributed by atoms with Crippen LogP contribution in [0.2, 0.25) is 0 Å². The number of nitrogen functional groups attached to an aromatic ring is 1. The Morgan fingerprint density at radius 2 is 1.94 bits per heavy atom. The van der Waals surface area contributed by atoms with Crippen LogP contribution in [0.25, 0.3) is 0 Å². The predicted octanol–water partition coefficient (Wildman–Crippen LogP) is 2.74. The van der Waals surface area contributed by atoms with Crippen molar-refractivity contribution in [2.75, 3.05) is 25.6 Å². The van der Waals surface area contributed by atoms with E-state index < -0.39 is 11.6 Å². The molecule has 0 aliphatic rings. The van der Waals surface area contributed by atoms with Crippen LogP contribution < -0.4 is 10.5 Å². The Bertz CT molecular complexity index is 359. The minimum Gasteiger partial charge on any atom is -0.486 e. The molecular weight excluding hydrogens is 228 g/mol. The van der Waals surface area contributed by atoms with E-state index in [0.29, 0.717) is 13.2 Å². The van der Waals surface area contributed by atoms with Crippen molar-refractivity contribution < 1.29 is 18.3 Å². The number of hydrogen-bond donors (Lipinski definition) is 1. The summed E-state index contributed by atoms with van der Waals surface area (Å²) in [7, 11) is 0. The minimum atomic E-state index is -1.06. The molecule has 0 atom stereocenters. The molecule has 0 aromatic heterocycles. The number of rotatable bonds is 7. The first-order valence-electron chi connectivity index (χ1n) is 5.60. The molecule has 3 nitrogen and oxygen atoms in total. The van der Waals surface area contributed by atoms with Gasteiger partial charge in [-0.05, 0) is 18.6 Å². The lowest BCUT2D eigenvalue weighted by atomic mass is 10.3. The molecule has 0 fully saturated rings. The van der Waals surface area contributed by atoms with Crippen LogP contribution in [0.4, 0.5) is 14.5 Å². The van der Waals surface area contributed by atoms with E-state index in [9.17, 15) is 8.78 Å². The molecule has 2 N–H and O–H groups in total. The molecule has 1 aromatic carbocycles. The third-order valence-electron chi connectivity index (χ3n) is 2.20. The van der Waals surface area contributed by atoms with E-state index in [1.54, 1.807) is 0 Å². The number of hydrogen-bond acceptors (Lipinski definition) is 3. The van der Waals surface area contributed by atoms with Gasteiger partial charge in [0.15, 0.2) is 11.6 Å². The zero-order valence-corrected chi connectivity index (χ0v) is 9.84. The molecule has 0 amide bonds. The molecule has 0 radical (unpaired) electrons. The van der Waals surface area contributed by atoms with Crippen molar-refractivity contribution in [1.29, 1.82) is 0 Å². The highest BCUT2D eigenvalue weighted by Gasteiger charge is 2.12. The van der Waals surface area contributed by atoms with Gasteiger partial charge in [-0.2, -0.15) is 4.39 Å². The van der Waals surface area contributed by atoms with Crippen molar-refractivity contribution in [2.24, 2.45) is 0 Å². The Kier molecular flexibility index (Phi) is 5.69. The van der Waals surface area contributed by atoms with Crippen LogP contribution in [0.15, 0.2) is 12.1 Å². The van der Waals surface area contributed by atoms with Crippen LogP contribution in [0.5, 0.6) is 5.75 Å². The average molecular weight is 245 g/mol. The van der Waals surface area contributed by atoms with E-state index in [1.807, 2.05) is 0 Å². The van der Waals surface area contributed by atoms with Crippen molar-refractivity contribution in [2.45, 2.75) is 19.8 Å². The monoisotopic (exact) mass is 245 g/mol. The lowest BCUT2D eigenvalue weighted by Crippen LogP contribution is -2.10. The van der Waals surface area contributed by atoms with E-state index in [4.69, 9.17) is 15.2 Å². The first-order valence-corrected chi connectivity index (χ1v) is 5.60. The number of nitrogens with two attached hydrogens (primary N) is 1. The highest BCUT2D eigenvalue weighted by molar-refractivity contribution is 5.53. The van der Waals surface area contributed by atoms with Gasteiger partial charge in [-0.1, -0.05) is 13.3 Å². The van der Waals surface area contributed by atoms with Gasteiger partial charge in [0.2, 0.25) is 5.82 Å². The molecule has 0 aliphatic heterocycles. The van der Waals surface area contributed by atoms with Gasteiger partial charge >= 0.3 is 0 Å². The zero-order chi connectivity index (χ0) is 12.7. The van der Waals surface area contributed by atoms with Crippen LogP contribution >= 0.6 is 0 Å². The fraction of sp³-hybridized carbons (Fsp3) is 0.500. The van der Waals surface area contributed by atoms with E-state index in [0.717, 1.165) is 18.9 Å². The SMILES string of the molecule is CCCCOCCOc1c(N)ccc(F)c1F. The van der Waals surface area contributed by atoms with Crippen molar-refractivity contribution in [3.8, 4) is 5.75 Å². The first kappa shape index (κ1) is 13.7. The van der Waals surface area contributed by atoms with Crippen molar-refractivity contribution in [3.63, 3.8) is 0 Å². The Hall–Kier alpha value is -1.36. The standard InChI is InChI=1S/C12H17F2NO2/c1-2-3-6-16-7-8-17-12-10(15)5-4-9(13)11(12)14/h4-5H,2-3,6-8,15H2,1H3. The van der Waals surface area contributed by atoms with Crippen LogP contribution in [0.3, 0.4) is 0 Å². The summed E-state index contributed by atoms with van der Waals surface area (Å²) in [6.45, 7) is 3.17. The summed E-state index contributed by atoms with van der Waals surface area (Å²) in [6, 6.07) is 2.24. The topological polar surface area (TPSA) is 44.5 Å². The number of benzene rings is 1. The summed E-state index contributed by atoms with van der Waals surface area (Å²) in [6.07, 6.45) is 2.02. The van der Waals surface area contributed by atoms with Crippen LogP contribution in [-0.4, -0.2) is 19.8 Å². The normalized spacial score (nSPS) is 10.5. The second-order valence-electron chi connectivity index (χ2n) is 3.59. The molecule has 0 bridgehead atoms. The predicted molar refractivity (Wildman–Crippen MR) is 62.0 cm³/mol. The maximum atomic E-state index is 13.3. The van der Waals surface area contributed by atoms with Gasteiger partial charge in [-0.25, -0.2) is 4.39 Å². The number of unbranched alkanes of at least 4 members (excludes halogenated alkanes) is 1. The summed E-state index contributed by atoms with van der Waals surface area (Å²) in [4.78, 5) is 0. The largest absolute Gasteiger partial charge is 0.486 e. The molecule has 5 heteroatoms. The summed E-state index contributed by atoms with van der Waals surface area (Å²) in [5, 5.41) is 0. The number of ether oxygens (including phenoxy) is 2. The molecule has 17 heavy (non-hydrogen) atoms. The molecule has 0 saturated heterocycles. The molecule has 96 valence electrons. The van der Waals surface area contributed by atoms with E-state index in [-0.39, 0.29) is 18.0 Å². The Morgan fingerprint density at radius 1 is 1.18 bits per heavy atom. The second kappa shape index (κ2) is 7.06. The van der Waals surface area contributed by atoms with Crippen LogP contribution in [0, 0.1) is 11.6 Å². The highest BCUT2D eigenvalue weighted by Crippen LogP contribution is 2.26. The minimum absolute atomic E-state index is 0.0810. The van der Waals surface area contributed by atoms with E-state index >= 15 is 0 Å². The molecular formula is C12H17F2NO2. The Labute approximate surface area is 99.5 Å². The lowest BCUT2D eigenvalue weighted by molar-refractivity contribution is 0.0966. The lowest BCUT2D eigenvalue weighted by Gasteiger charge is -2.10. The van der Waals surface area contributed by atoms with Gasteiger partial charge in [-0.3, -0.25) is 0 Å². The average Bonchev–Trinajstić information content (AvgIpc) is 2.32. The molecule has 0 aliphatic carbocycles. The summed E-state index contributed by atoms with van der Waals surface area (Å²) in [5.74, 6) is -2.27. The van der Waals surface area contributed by atoms with Crippen LogP contribution in [-0.2, 0) is 4.74 Å². The molecule has 0 heterocycles. The van der Waals surface area contributed by atoms with Gasteiger partial charge in [-0.15, -0.1) is 0 Å². The molecule has 0 spiro atoms. The number of anilines is 1. The molecule has 1 rings (SSSR count). The van der Waals surface area contributed by atoms with E-state index in [2.05, 4.69) is 6.92 Å². The van der Waals surface area contributed by atoms with Crippen molar-refractivity contribution in [1.82, 2.24) is 0 Å². The van der Waals surface area contributed by atoms with E-state index in [1.165, 1.54) is 6.07 Å². The van der Waals surface area contributed by atoms with Crippen LogP contribution in [0.1, 0.15) is 19.8 Å². The zero-order valence-electron chi connectivity index (χ0n) is 9.84. The van der Waals surface area contributed by atoms with Gasteiger partial charge in [0, 0.05) is 6.61 Å². The van der Waals surface area contributed by atoms with Gasteiger partial charge in [0.25, 0.3) is 0 Å². The maximum absolute atomic E-state index is 13.3. The molecule has 0 unspecified atom stereocenters. The summed E-state index contributed by atoms with van der Waals surface area (Å²) < 4.78 is 36.5. The molecule has 1 aromatic rings. The molecule has 0 saturated carbocycles. The summed E-state index contributed by atoms with van der Waals surface area (Å²) >= 11 is 0. The van der Waals surface area contributed by atoms with Gasteiger partial charge in [0.05, 0.1) is 12.3 Å². The third-order valence-corrected chi connectivity index (χ3v) is 2.20. The summed E-state index contributed by atoms with van der Waals surface area (Å²) in [5.41, 5.74) is 5.56. The fourth-order valence-corrected chi connectivity index (χ4v) is 1.24. The Morgan fingerprint density at radius 3 is 2.65 bits per heavy atom. The number of halogens is 2. The fourth-order valence-electron chi connectivity index (χ4n) is 1.24.